The van der Waals surface area contributed by atoms with Crippen molar-refractivity contribution >= 4 is 16.8 Å². The van der Waals surface area contributed by atoms with E-state index >= 15 is 0 Å². The van der Waals surface area contributed by atoms with Crippen molar-refractivity contribution in [2.45, 2.75) is 40.2 Å². The van der Waals surface area contributed by atoms with Crippen molar-refractivity contribution < 1.29 is 9.53 Å². The largest absolute Gasteiger partial charge is 0.483 e. The molecule has 1 N–H and O–H groups in total. The van der Waals surface area contributed by atoms with Gasteiger partial charge in [-0.05, 0) is 50.3 Å². The Morgan fingerprint density at radius 1 is 1.21 bits per heavy atom. The topological polar surface area (TPSA) is 63.6 Å². The Balaban J connectivity index is 1.48. The first-order valence-corrected chi connectivity index (χ1v) is 10.7. The maximum absolute atomic E-state index is 12.3. The number of carbonyl (C=O) groups excluding carboxylic acids is 1. The van der Waals surface area contributed by atoms with E-state index in [4.69, 9.17) is 4.74 Å². The van der Waals surface area contributed by atoms with Crippen LogP contribution in [-0.2, 0) is 11.3 Å². The molecular formula is C23H33N3O3. The Morgan fingerprint density at radius 2 is 1.93 bits per heavy atom. The van der Waals surface area contributed by atoms with Gasteiger partial charge in [0, 0.05) is 37.6 Å². The third-order valence-electron chi connectivity index (χ3n) is 5.57. The zero-order valence-corrected chi connectivity index (χ0v) is 17.8. The summed E-state index contributed by atoms with van der Waals surface area (Å²) in [4.78, 5) is 27.0. The van der Waals surface area contributed by atoms with Crippen LogP contribution in [0.5, 0.6) is 5.75 Å². The summed E-state index contributed by atoms with van der Waals surface area (Å²) >= 11 is 0. The van der Waals surface area contributed by atoms with E-state index < -0.39 is 0 Å². The summed E-state index contributed by atoms with van der Waals surface area (Å²) in [5.41, 5.74) is 0.703. The number of para-hydroxylation sites is 1. The minimum Gasteiger partial charge on any atom is -0.483 e. The molecule has 1 amide bonds. The van der Waals surface area contributed by atoms with E-state index in [9.17, 15) is 9.59 Å². The van der Waals surface area contributed by atoms with E-state index in [1.54, 1.807) is 4.57 Å². The van der Waals surface area contributed by atoms with Crippen LogP contribution in [0, 0.1) is 11.8 Å². The minimum absolute atomic E-state index is 0.0860. The number of nitrogens with one attached hydrogen (secondary N) is 1. The zero-order valence-electron chi connectivity index (χ0n) is 17.8. The number of nitrogens with zero attached hydrogens (tertiary/aromatic N) is 2. The summed E-state index contributed by atoms with van der Waals surface area (Å²) in [5, 5.41) is 3.77. The molecule has 3 rings (SSSR count). The molecule has 6 heteroatoms. The molecule has 1 aliphatic heterocycles. The highest BCUT2D eigenvalue weighted by Gasteiger charge is 2.21. The van der Waals surface area contributed by atoms with Crippen LogP contribution in [0.1, 0.15) is 33.6 Å². The molecule has 158 valence electrons. The average Bonchev–Trinajstić information content (AvgIpc) is 2.69. The van der Waals surface area contributed by atoms with Crippen molar-refractivity contribution in [1.29, 1.82) is 0 Å². The van der Waals surface area contributed by atoms with Gasteiger partial charge in [-0.25, -0.2) is 0 Å². The van der Waals surface area contributed by atoms with Crippen LogP contribution in [0.4, 0.5) is 0 Å². The summed E-state index contributed by atoms with van der Waals surface area (Å²) in [6.07, 6.45) is 2.24. The van der Waals surface area contributed by atoms with Gasteiger partial charge >= 0.3 is 0 Å². The van der Waals surface area contributed by atoms with Crippen molar-refractivity contribution in [3.8, 4) is 5.75 Å². The third-order valence-corrected chi connectivity index (χ3v) is 5.57. The highest BCUT2D eigenvalue weighted by atomic mass is 16.5. The lowest BCUT2D eigenvalue weighted by molar-refractivity contribution is -0.123. The van der Waals surface area contributed by atoms with Crippen molar-refractivity contribution in [2.24, 2.45) is 11.8 Å². The van der Waals surface area contributed by atoms with E-state index in [0.29, 0.717) is 18.8 Å². The van der Waals surface area contributed by atoms with Crippen LogP contribution in [0.2, 0.25) is 0 Å². The second-order valence-electron chi connectivity index (χ2n) is 8.31. The first-order chi connectivity index (χ1) is 14.0. The molecule has 0 saturated carbocycles. The van der Waals surface area contributed by atoms with Crippen LogP contribution in [0.3, 0.4) is 0 Å². The molecule has 1 saturated heterocycles. The molecule has 6 nitrogen and oxygen atoms in total. The Kier molecular flexibility index (Phi) is 7.31. The standard InChI is InChI=1S/C23H33N3O3/c1-4-26-20-9-6-5-8-19(20)21(13-23(26)28)29-16-22(27)24-10-7-11-25-14-17(2)12-18(3)15-25/h5-6,8-9,13,17-18H,4,7,10-12,14-16H2,1-3H3,(H,24,27)/t17-,18-/m0/s1. The molecule has 0 spiro atoms. The lowest BCUT2D eigenvalue weighted by atomic mass is 9.92. The molecule has 1 aliphatic rings. The van der Waals surface area contributed by atoms with Crippen LogP contribution in [0.15, 0.2) is 35.1 Å². The molecular weight excluding hydrogens is 366 g/mol. The zero-order chi connectivity index (χ0) is 20.8. The lowest BCUT2D eigenvalue weighted by Gasteiger charge is -2.34. The van der Waals surface area contributed by atoms with Crippen LogP contribution < -0.4 is 15.6 Å². The number of hydrogen-bond donors (Lipinski definition) is 1. The Morgan fingerprint density at radius 3 is 2.66 bits per heavy atom. The van der Waals surface area contributed by atoms with Crippen molar-refractivity contribution in [3.05, 3.63) is 40.7 Å². The van der Waals surface area contributed by atoms with Gasteiger partial charge in [-0.15, -0.1) is 0 Å². The minimum atomic E-state index is -0.158. The fourth-order valence-corrected chi connectivity index (χ4v) is 4.45. The number of rotatable bonds is 8. The highest BCUT2D eigenvalue weighted by molar-refractivity contribution is 5.86. The average molecular weight is 400 g/mol. The molecule has 0 unspecified atom stereocenters. The number of ether oxygens (including phenoxy) is 1. The summed E-state index contributed by atoms with van der Waals surface area (Å²) in [5.74, 6) is 1.80. The summed E-state index contributed by atoms with van der Waals surface area (Å²) in [7, 11) is 0. The van der Waals surface area contributed by atoms with E-state index in [-0.39, 0.29) is 18.1 Å². The molecule has 1 aromatic carbocycles. The van der Waals surface area contributed by atoms with E-state index in [2.05, 4.69) is 24.1 Å². The van der Waals surface area contributed by atoms with Gasteiger partial charge in [-0.2, -0.15) is 0 Å². The monoisotopic (exact) mass is 399 g/mol. The van der Waals surface area contributed by atoms with Gasteiger partial charge in [0.2, 0.25) is 0 Å². The van der Waals surface area contributed by atoms with E-state index in [0.717, 1.165) is 48.8 Å². The number of carbonyl (C=O) groups is 1. The molecule has 1 aromatic heterocycles. The Hall–Kier alpha value is -2.34. The van der Waals surface area contributed by atoms with Crippen molar-refractivity contribution in [3.63, 3.8) is 0 Å². The van der Waals surface area contributed by atoms with Gasteiger partial charge in [-0.3, -0.25) is 9.59 Å². The second-order valence-corrected chi connectivity index (χ2v) is 8.31. The number of benzene rings is 1. The normalized spacial score (nSPS) is 20.0. The second kappa shape index (κ2) is 9.92. The number of hydrogen-bond acceptors (Lipinski definition) is 4. The fourth-order valence-electron chi connectivity index (χ4n) is 4.45. The predicted octanol–water partition coefficient (Wildman–Crippen LogP) is 2.88. The molecule has 1 fully saturated rings. The molecule has 0 radical (unpaired) electrons. The quantitative estimate of drug-likeness (QED) is 0.694. The number of fused-ring (bicyclic) bond motifs is 1. The van der Waals surface area contributed by atoms with Gasteiger partial charge in [0.25, 0.3) is 11.5 Å². The summed E-state index contributed by atoms with van der Waals surface area (Å²) in [6.45, 7) is 11.0. The van der Waals surface area contributed by atoms with Gasteiger partial charge in [0.05, 0.1) is 5.52 Å². The first-order valence-electron chi connectivity index (χ1n) is 10.7. The maximum Gasteiger partial charge on any atom is 0.257 e. The first kappa shape index (κ1) is 21.4. The highest BCUT2D eigenvalue weighted by Crippen LogP contribution is 2.23. The number of aryl methyl sites for hydroxylation is 1. The molecule has 2 aromatic rings. The Bertz CT molecular complexity index is 883. The fraction of sp³-hybridized carbons (Fsp3) is 0.565. The number of aromatic nitrogens is 1. The smallest absolute Gasteiger partial charge is 0.257 e. The van der Waals surface area contributed by atoms with Crippen molar-refractivity contribution in [2.75, 3.05) is 32.8 Å². The molecule has 2 heterocycles. The predicted molar refractivity (Wildman–Crippen MR) is 116 cm³/mol. The maximum atomic E-state index is 12.3. The third kappa shape index (κ3) is 5.60. The number of pyridine rings is 1. The van der Waals surface area contributed by atoms with E-state index in [1.807, 2.05) is 31.2 Å². The van der Waals surface area contributed by atoms with Crippen LogP contribution >= 0.6 is 0 Å². The van der Waals surface area contributed by atoms with Gasteiger partial charge < -0.3 is 19.5 Å². The Labute approximate surface area is 172 Å². The number of likely N-dealkylation sites (tertiary alicyclic amines) is 1. The molecule has 0 aliphatic carbocycles. The van der Waals surface area contributed by atoms with Crippen LogP contribution in [-0.4, -0.2) is 48.2 Å². The summed E-state index contributed by atoms with van der Waals surface area (Å²) < 4.78 is 7.40. The SMILES string of the molecule is CCn1c(=O)cc(OCC(=O)NCCCN2C[C@@H](C)C[C@H](C)C2)c2ccccc21. The molecule has 29 heavy (non-hydrogen) atoms. The molecule has 0 bridgehead atoms. The summed E-state index contributed by atoms with van der Waals surface area (Å²) in [6, 6.07) is 9.08. The van der Waals surface area contributed by atoms with E-state index in [1.165, 1.54) is 12.5 Å². The lowest BCUT2D eigenvalue weighted by Crippen LogP contribution is -2.40. The van der Waals surface area contributed by atoms with Crippen LogP contribution in [0.25, 0.3) is 10.9 Å². The number of amides is 1. The molecule has 2 atom stereocenters. The van der Waals surface area contributed by atoms with Gasteiger partial charge in [0.15, 0.2) is 6.61 Å². The van der Waals surface area contributed by atoms with Gasteiger partial charge in [0.1, 0.15) is 5.75 Å². The van der Waals surface area contributed by atoms with Crippen molar-refractivity contribution in [1.82, 2.24) is 14.8 Å². The van der Waals surface area contributed by atoms with Gasteiger partial charge in [-0.1, -0.05) is 26.0 Å². The number of piperidine rings is 1.